The molecule has 0 N–H and O–H groups in total. The Morgan fingerprint density at radius 3 is 2.95 bits per heavy atom. The van der Waals surface area contributed by atoms with E-state index in [4.69, 9.17) is 4.74 Å². The molecule has 0 unspecified atom stereocenters. The van der Waals surface area contributed by atoms with Crippen LogP contribution in [0.3, 0.4) is 0 Å². The second kappa shape index (κ2) is 5.40. The van der Waals surface area contributed by atoms with Gasteiger partial charge in [-0.3, -0.25) is 9.78 Å². The molecule has 4 nitrogen and oxygen atoms in total. The minimum Gasteiger partial charge on any atom is -0.488 e. The van der Waals surface area contributed by atoms with E-state index in [2.05, 4.69) is 4.98 Å². The Labute approximate surface area is 115 Å². The maximum atomic E-state index is 12.2. The predicted octanol–water partition coefficient (Wildman–Crippen LogP) is 2.44. The zero-order valence-electron chi connectivity index (χ0n) is 10.4. The van der Waals surface area contributed by atoms with Gasteiger partial charge in [0, 0.05) is 25.4 Å². The molecule has 5 heteroatoms. The molecule has 1 fully saturated rings. The lowest BCUT2D eigenvalue weighted by molar-refractivity contribution is 0.0777. The van der Waals surface area contributed by atoms with Crippen LogP contribution in [-0.2, 0) is 0 Å². The van der Waals surface area contributed by atoms with Gasteiger partial charge < -0.3 is 9.64 Å². The van der Waals surface area contributed by atoms with Crippen LogP contribution in [0.15, 0.2) is 42.0 Å². The summed E-state index contributed by atoms with van der Waals surface area (Å²) in [6, 6.07) is 7.44. The number of likely N-dealkylation sites (tertiary alicyclic amines) is 1. The molecule has 0 aromatic carbocycles. The van der Waals surface area contributed by atoms with Gasteiger partial charge in [0.25, 0.3) is 5.91 Å². The van der Waals surface area contributed by atoms with Gasteiger partial charge in [0.15, 0.2) is 0 Å². The number of amides is 1. The van der Waals surface area contributed by atoms with E-state index in [0.717, 1.165) is 23.6 Å². The minimum absolute atomic E-state index is 0.0753. The molecule has 1 aliphatic rings. The minimum atomic E-state index is 0.0753. The lowest BCUT2D eigenvalue weighted by Crippen LogP contribution is -2.30. The van der Waals surface area contributed by atoms with Gasteiger partial charge in [0.05, 0.1) is 11.4 Å². The first kappa shape index (κ1) is 12.2. The van der Waals surface area contributed by atoms with E-state index in [1.807, 2.05) is 34.5 Å². The van der Waals surface area contributed by atoms with Gasteiger partial charge in [0.1, 0.15) is 11.9 Å². The van der Waals surface area contributed by atoms with Crippen LogP contribution in [0.2, 0.25) is 0 Å². The molecule has 0 saturated carbocycles. The van der Waals surface area contributed by atoms with Crippen molar-refractivity contribution in [2.75, 3.05) is 13.1 Å². The summed E-state index contributed by atoms with van der Waals surface area (Å²) in [6.45, 7) is 1.41. The van der Waals surface area contributed by atoms with Crippen molar-refractivity contribution in [2.45, 2.75) is 12.5 Å². The Morgan fingerprint density at radius 2 is 2.21 bits per heavy atom. The van der Waals surface area contributed by atoms with Crippen molar-refractivity contribution in [3.63, 3.8) is 0 Å². The quantitative estimate of drug-likeness (QED) is 0.863. The van der Waals surface area contributed by atoms with E-state index < -0.39 is 0 Å². The fraction of sp³-hybridized carbons (Fsp3) is 0.286. The van der Waals surface area contributed by atoms with Gasteiger partial charge >= 0.3 is 0 Å². The molecular formula is C14H14N2O2S. The van der Waals surface area contributed by atoms with Gasteiger partial charge in [-0.05, 0) is 23.6 Å². The molecule has 0 aliphatic carbocycles. The second-order valence-electron chi connectivity index (χ2n) is 4.44. The first-order chi connectivity index (χ1) is 9.33. The highest BCUT2D eigenvalue weighted by Gasteiger charge is 2.28. The molecule has 1 atom stereocenters. The lowest BCUT2D eigenvalue weighted by atomic mass is 10.3. The maximum absolute atomic E-state index is 12.2. The summed E-state index contributed by atoms with van der Waals surface area (Å²) in [6.07, 6.45) is 4.36. The van der Waals surface area contributed by atoms with E-state index in [9.17, 15) is 4.79 Å². The number of carbonyl (C=O) groups is 1. The Morgan fingerprint density at radius 1 is 1.37 bits per heavy atom. The van der Waals surface area contributed by atoms with Crippen LogP contribution in [0.5, 0.6) is 5.75 Å². The summed E-state index contributed by atoms with van der Waals surface area (Å²) in [5.74, 6) is 0.918. The molecule has 2 aromatic heterocycles. The van der Waals surface area contributed by atoms with Crippen LogP contribution in [0, 0.1) is 0 Å². The average Bonchev–Trinajstić information content (AvgIpc) is 3.10. The van der Waals surface area contributed by atoms with Crippen molar-refractivity contribution in [1.29, 1.82) is 0 Å². The monoisotopic (exact) mass is 274 g/mol. The zero-order valence-corrected chi connectivity index (χ0v) is 11.2. The van der Waals surface area contributed by atoms with Crippen molar-refractivity contribution in [3.8, 4) is 5.75 Å². The maximum Gasteiger partial charge on any atom is 0.264 e. The Bertz CT molecular complexity index is 542. The third-order valence-corrected chi connectivity index (χ3v) is 3.97. The van der Waals surface area contributed by atoms with Crippen molar-refractivity contribution in [2.24, 2.45) is 0 Å². The summed E-state index contributed by atoms with van der Waals surface area (Å²) >= 11 is 1.48. The standard InChI is InChI=1S/C14H14N2O2S/c17-14(13-2-1-9-19-13)16-8-5-12(10-16)18-11-3-6-15-7-4-11/h1-4,6-7,9,12H,5,8,10H2/t12-/m0/s1. The Hall–Kier alpha value is -1.88. The van der Waals surface area contributed by atoms with Gasteiger partial charge in [-0.25, -0.2) is 0 Å². The topological polar surface area (TPSA) is 42.4 Å². The Kier molecular flexibility index (Phi) is 3.46. The summed E-state index contributed by atoms with van der Waals surface area (Å²) in [5, 5.41) is 1.92. The molecule has 19 heavy (non-hydrogen) atoms. The van der Waals surface area contributed by atoms with Crippen LogP contribution >= 0.6 is 11.3 Å². The second-order valence-corrected chi connectivity index (χ2v) is 5.39. The average molecular weight is 274 g/mol. The fourth-order valence-corrected chi connectivity index (χ4v) is 2.86. The summed E-state index contributed by atoms with van der Waals surface area (Å²) in [7, 11) is 0. The first-order valence-corrected chi connectivity index (χ1v) is 7.10. The number of hydrogen-bond donors (Lipinski definition) is 0. The number of rotatable bonds is 3. The smallest absolute Gasteiger partial charge is 0.264 e. The third kappa shape index (κ3) is 2.76. The summed E-state index contributed by atoms with van der Waals surface area (Å²) in [4.78, 5) is 18.8. The van der Waals surface area contributed by atoms with Crippen molar-refractivity contribution >= 4 is 17.2 Å². The van der Waals surface area contributed by atoms with Gasteiger partial charge in [-0.15, -0.1) is 11.3 Å². The van der Waals surface area contributed by atoms with Crippen molar-refractivity contribution in [1.82, 2.24) is 9.88 Å². The van der Waals surface area contributed by atoms with E-state index >= 15 is 0 Å². The fourth-order valence-electron chi connectivity index (χ4n) is 2.17. The van der Waals surface area contributed by atoms with Crippen LogP contribution in [0.25, 0.3) is 0 Å². The molecule has 1 saturated heterocycles. The van der Waals surface area contributed by atoms with Crippen LogP contribution in [-0.4, -0.2) is 35.0 Å². The molecule has 98 valence electrons. The number of aromatic nitrogens is 1. The summed E-state index contributed by atoms with van der Waals surface area (Å²) in [5.41, 5.74) is 0. The van der Waals surface area contributed by atoms with E-state index in [1.54, 1.807) is 12.4 Å². The predicted molar refractivity (Wildman–Crippen MR) is 73.5 cm³/mol. The lowest BCUT2D eigenvalue weighted by Gasteiger charge is -2.16. The van der Waals surface area contributed by atoms with E-state index in [0.29, 0.717) is 6.54 Å². The molecule has 2 aromatic rings. The highest BCUT2D eigenvalue weighted by atomic mass is 32.1. The highest BCUT2D eigenvalue weighted by molar-refractivity contribution is 7.12. The van der Waals surface area contributed by atoms with Crippen molar-refractivity contribution < 1.29 is 9.53 Å². The van der Waals surface area contributed by atoms with Gasteiger partial charge in [0.2, 0.25) is 0 Å². The molecule has 0 spiro atoms. The molecule has 0 radical (unpaired) electrons. The van der Waals surface area contributed by atoms with Crippen molar-refractivity contribution in [3.05, 3.63) is 46.9 Å². The molecular weight excluding hydrogens is 260 g/mol. The van der Waals surface area contributed by atoms with Crippen LogP contribution in [0.1, 0.15) is 16.1 Å². The van der Waals surface area contributed by atoms with Gasteiger partial charge in [-0.2, -0.15) is 0 Å². The molecule has 0 bridgehead atoms. The molecule has 3 rings (SSSR count). The van der Waals surface area contributed by atoms with E-state index in [-0.39, 0.29) is 12.0 Å². The SMILES string of the molecule is O=C(c1cccs1)N1CC[C@H](Oc2ccncc2)C1. The number of pyridine rings is 1. The normalized spacial score (nSPS) is 18.5. The first-order valence-electron chi connectivity index (χ1n) is 6.22. The van der Waals surface area contributed by atoms with Crippen LogP contribution in [0.4, 0.5) is 0 Å². The summed E-state index contributed by atoms with van der Waals surface area (Å²) < 4.78 is 5.84. The number of carbonyl (C=O) groups excluding carboxylic acids is 1. The molecule has 1 amide bonds. The number of ether oxygens (including phenoxy) is 1. The molecule has 3 heterocycles. The Balaban J connectivity index is 1.60. The van der Waals surface area contributed by atoms with Crippen LogP contribution < -0.4 is 4.74 Å². The largest absolute Gasteiger partial charge is 0.488 e. The van der Waals surface area contributed by atoms with Gasteiger partial charge in [-0.1, -0.05) is 6.07 Å². The number of thiophene rings is 1. The highest BCUT2D eigenvalue weighted by Crippen LogP contribution is 2.20. The number of hydrogen-bond acceptors (Lipinski definition) is 4. The zero-order chi connectivity index (χ0) is 13.1. The number of nitrogens with zero attached hydrogens (tertiary/aromatic N) is 2. The third-order valence-electron chi connectivity index (χ3n) is 3.12. The molecule has 1 aliphatic heterocycles. The van der Waals surface area contributed by atoms with E-state index in [1.165, 1.54) is 11.3 Å².